The summed E-state index contributed by atoms with van der Waals surface area (Å²) in [5.74, 6) is 0.596. The maximum absolute atomic E-state index is 12.9. The van der Waals surface area contributed by atoms with Gasteiger partial charge in [0.25, 0.3) is 0 Å². The van der Waals surface area contributed by atoms with Gasteiger partial charge in [0.15, 0.2) is 0 Å². The van der Waals surface area contributed by atoms with Crippen molar-refractivity contribution in [3.05, 3.63) is 65.0 Å². The minimum Gasteiger partial charge on any atom is -0.485 e. The first-order chi connectivity index (χ1) is 9.13. The number of aryl methyl sites for hydroxylation is 1. The quantitative estimate of drug-likeness (QED) is 0.846. The van der Waals surface area contributed by atoms with Crippen molar-refractivity contribution in [2.45, 2.75) is 25.5 Å². The fourth-order valence-corrected chi connectivity index (χ4v) is 2.51. The molecule has 98 valence electrons. The van der Waals surface area contributed by atoms with Gasteiger partial charge < -0.3 is 10.5 Å². The minimum atomic E-state index is -0.236. The van der Waals surface area contributed by atoms with E-state index in [9.17, 15) is 4.39 Å². The summed E-state index contributed by atoms with van der Waals surface area (Å²) in [5, 5.41) is 0. The van der Waals surface area contributed by atoms with Gasteiger partial charge in [0.2, 0.25) is 0 Å². The summed E-state index contributed by atoms with van der Waals surface area (Å²) in [6, 6.07) is 12.4. The van der Waals surface area contributed by atoms with Crippen molar-refractivity contribution in [2.75, 3.05) is 0 Å². The lowest BCUT2D eigenvalue weighted by Crippen LogP contribution is -2.24. The van der Waals surface area contributed by atoms with Gasteiger partial charge in [-0.2, -0.15) is 0 Å². The van der Waals surface area contributed by atoms with Crippen LogP contribution in [0.15, 0.2) is 42.5 Å². The van der Waals surface area contributed by atoms with Gasteiger partial charge in [-0.1, -0.05) is 29.8 Å². The van der Waals surface area contributed by atoms with Crippen LogP contribution in [0.25, 0.3) is 0 Å². The normalized spacial score (nSPS) is 21.6. The van der Waals surface area contributed by atoms with E-state index in [0.29, 0.717) is 6.42 Å². The molecule has 1 aliphatic heterocycles. The number of benzene rings is 2. The average molecular weight is 257 g/mol. The minimum absolute atomic E-state index is 0.0429. The SMILES string of the molecule is Cc1ccc2c(c1)[C@@H](N)CC(c1ccc(F)cc1)O2. The third kappa shape index (κ3) is 2.34. The van der Waals surface area contributed by atoms with Gasteiger partial charge in [0, 0.05) is 18.0 Å². The zero-order chi connectivity index (χ0) is 13.4. The van der Waals surface area contributed by atoms with Crippen LogP contribution in [0.3, 0.4) is 0 Å². The monoisotopic (exact) mass is 257 g/mol. The van der Waals surface area contributed by atoms with Crippen LogP contribution in [0, 0.1) is 12.7 Å². The molecule has 0 bridgehead atoms. The molecule has 1 aliphatic rings. The second-order valence-electron chi connectivity index (χ2n) is 5.04. The van der Waals surface area contributed by atoms with Crippen molar-refractivity contribution in [1.29, 1.82) is 0 Å². The number of nitrogens with two attached hydrogens (primary N) is 1. The van der Waals surface area contributed by atoms with Crippen LogP contribution >= 0.6 is 0 Å². The number of hydrogen-bond acceptors (Lipinski definition) is 2. The molecule has 2 N–H and O–H groups in total. The molecule has 0 aliphatic carbocycles. The molecule has 1 heterocycles. The summed E-state index contributed by atoms with van der Waals surface area (Å²) in [4.78, 5) is 0. The Bertz CT molecular complexity index is 594. The molecule has 0 amide bonds. The fraction of sp³-hybridized carbons (Fsp3) is 0.250. The molecule has 0 radical (unpaired) electrons. The molecule has 2 aromatic rings. The summed E-state index contributed by atoms with van der Waals surface area (Å²) < 4.78 is 18.9. The van der Waals surface area contributed by atoms with Gasteiger partial charge in [0.1, 0.15) is 17.7 Å². The van der Waals surface area contributed by atoms with Crippen LogP contribution in [-0.4, -0.2) is 0 Å². The molecular formula is C16H16FNO. The highest BCUT2D eigenvalue weighted by Crippen LogP contribution is 2.39. The van der Waals surface area contributed by atoms with E-state index >= 15 is 0 Å². The predicted octanol–water partition coefficient (Wildman–Crippen LogP) is 3.66. The summed E-state index contributed by atoms with van der Waals surface area (Å²) in [6.45, 7) is 2.04. The molecule has 3 rings (SSSR count). The van der Waals surface area contributed by atoms with Gasteiger partial charge >= 0.3 is 0 Å². The van der Waals surface area contributed by atoms with E-state index in [1.54, 1.807) is 12.1 Å². The third-order valence-corrected chi connectivity index (χ3v) is 3.54. The Morgan fingerprint density at radius 1 is 1.16 bits per heavy atom. The van der Waals surface area contributed by atoms with E-state index in [1.807, 2.05) is 19.1 Å². The van der Waals surface area contributed by atoms with Crippen LogP contribution in [0.1, 0.15) is 35.3 Å². The van der Waals surface area contributed by atoms with Crippen LogP contribution in [-0.2, 0) is 0 Å². The maximum Gasteiger partial charge on any atom is 0.126 e. The summed E-state index contributed by atoms with van der Waals surface area (Å²) >= 11 is 0. The topological polar surface area (TPSA) is 35.2 Å². The van der Waals surface area contributed by atoms with E-state index in [0.717, 1.165) is 16.9 Å². The second kappa shape index (κ2) is 4.67. The van der Waals surface area contributed by atoms with Crippen molar-refractivity contribution in [2.24, 2.45) is 5.73 Å². The summed E-state index contributed by atoms with van der Waals surface area (Å²) in [6.07, 6.45) is 0.605. The Balaban J connectivity index is 1.92. The van der Waals surface area contributed by atoms with Crippen molar-refractivity contribution >= 4 is 0 Å². The lowest BCUT2D eigenvalue weighted by atomic mass is 9.93. The molecule has 1 unspecified atom stereocenters. The smallest absolute Gasteiger partial charge is 0.126 e. The molecule has 0 fully saturated rings. The van der Waals surface area contributed by atoms with E-state index < -0.39 is 0 Å². The molecule has 0 aromatic heterocycles. The number of rotatable bonds is 1. The standard InChI is InChI=1S/C16H16FNO/c1-10-2-7-15-13(8-10)14(18)9-16(19-15)11-3-5-12(17)6-4-11/h2-8,14,16H,9,18H2,1H3/t14-,16?/m0/s1. The highest BCUT2D eigenvalue weighted by atomic mass is 19.1. The Morgan fingerprint density at radius 2 is 1.89 bits per heavy atom. The van der Waals surface area contributed by atoms with Gasteiger partial charge in [-0.15, -0.1) is 0 Å². The molecular weight excluding hydrogens is 241 g/mol. The van der Waals surface area contributed by atoms with Crippen molar-refractivity contribution < 1.29 is 9.13 Å². The Labute approximate surface area is 112 Å². The molecule has 2 nitrogen and oxygen atoms in total. The zero-order valence-corrected chi connectivity index (χ0v) is 10.8. The van der Waals surface area contributed by atoms with Gasteiger partial charge in [-0.25, -0.2) is 4.39 Å². The van der Waals surface area contributed by atoms with E-state index in [1.165, 1.54) is 17.7 Å². The molecule has 19 heavy (non-hydrogen) atoms. The van der Waals surface area contributed by atoms with Crippen molar-refractivity contribution in [3.63, 3.8) is 0 Å². The first-order valence-corrected chi connectivity index (χ1v) is 6.42. The van der Waals surface area contributed by atoms with Crippen LogP contribution in [0.2, 0.25) is 0 Å². The zero-order valence-electron chi connectivity index (χ0n) is 10.8. The predicted molar refractivity (Wildman–Crippen MR) is 72.5 cm³/mol. The van der Waals surface area contributed by atoms with E-state index in [4.69, 9.17) is 10.5 Å². The molecule has 0 spiro atoms. The van der Waals surface area contributed by atoms with Gasteiger partial charge in [-0.3, -0.25) is 0 Å². The lowest BCUT2D eigenvalue weighted by Gasteiger charge is -2.30. The van der Waals surface area contributed by atoms with Crippen LogP contribution in [0.5, 0.6) is 5.75 Å². The number of ether oxygens (including phenoxy) is 1. The van der Waals surface area contributed by atoms with Gasteiger partial charge in [-0.05, 0) is 30.7 Å². The van der Waals surface area contributed by atoms with Crippen molar-refractivity contribution in [3.8, 4) is 5.75 Å². The first-order valence-electron chi connectivity index (χ1n) is 6.42. The van der Waals surface area contributed by atoms with Crippen LogP contribution in [0.4, 0.5) is 4.39 Å². The highest BCUT2D eigenvalue weighted by molar-refractivity contribution is 5.41. The van der Waals surface area contributed by atoms with E-state index in [2.05, 4.69) is 6.07 Å². The summed E-state index contributed by atoms with van der Waals surface area (Å²) in [7, 11) is 0. The molecule has 2 aromatic carbocycles. The Morgan fingerprint density at radius 3 is 2.63 bits per heavy atom. The Kier molecular flexibility index (Phi) is 2.99. The molecule has 0 saturated carbocycles. The van der Waals surface area contributed by atoms with Gasteiger partial charge in [0.05, 0.1) is 0 Å². The van der Waals surface area contributed by atoms with Crippen molar-refractivity contribution in [1.82, 2.24) is 0 Å². The first kappa shape index (κ1) is 12.2. The highest BCUT2D eigenvalue weighted by Gasteiger charge is 2.26. The maximum atomic E-state index is 12.9. The van der Waals surface area contributed by atoms with E-state index in [-0.39, 0.29) is 18.0 Å². The number of hydrogen-bond donors (Lipinski definition) is 1. The average Bonchev–Trinajstić information content (AvgIpc) is 2.40. The Hall–Kier alpha value is -1.87. The molecule has 2 atom stereocenters. The fourth-order valence-electron chi connectivity index (χ4n) is 2.51. The third-order valence-electron chi connectivity index (χ3n) is 3.54. The molecule has 0 saturated heterocycles. The largest absolute Gasteiger partial charge is 0.485 e. The molecule has 3 heteroatoms. The second-order valence-corrected chi connectivity index (χ2v) is 5.04. The van der Waals surface area contributed by atoms with Crippen LogP contribution < -0.4 is 10.5 Å². The number of fused-ring (bicyclic) bond motifs is 1. The number of halogens is 1. The lowest BCUT2D eigenvalue weighted by molar-refractivity contribution is 0.161. The summed E-state index contributed by atoms with van der Waals surface area (Å²) in [5.41, 5.74) is 9.41.